The minimum Gasteiger partial charge on any atom is -0.347 e. The second-order valence-electron chi connectivity index (χ2n) is 4.75. The van der Waals surface area contributed by atoms with Gasteiger partial charge in [-0.1, -0.05) is 12.1 Å². The number of nitrogens with one attached hydrogen (secondary N) is 2. The Hall–Kier alpha value is -1.53. The lowest BCUT2D eigenvalue weighted by atomic mass is 10.1. The van der Waals surface area contributed by atoms with Crippen molar-refractivity contribution in [3.05, 3.63) is 29.8 Å². The number of benzene rings is 1. The normalized spacial score (nSPS) is 14.9. The van der Waals surface area contributed by atoms with E-state index in [4.69, 9.17) is 0 Å². The molecular weight excluding hydrogens is 274 g/mol. The van der Waals surface area contributed by atoms with Crippen LogP contribution in [0.5, 0.6) is 0 Å². The number of carbonyl (C=O) groups is 2. The van der Waals surface area contributed by atoms with E-state index in [2.05, 4.69) is 23.3 Å². The molecule has 1 saturated heterocycles. The predicted octanol–water partition coefficient (Wildman–Crippen LogP) is 0.0658. The van der Waals surface area contributed by atoms with Gasteiger partial charge in [-0.3, -0.25) is 9.59 Å². The number of rotatable bonds is 4. The van der Waals surface area contributed by atoms with Crippen LogP contribution in [0.2, 0.25) is 0 Å². The number of thiol groups is 1. The van der Waals surface area contributed by atoms with E-state index < -0.39 is 0 Å². The van der Waals surface area contributed by atoms with Crippen LogP contribution in [0.3, 0.4) is 0 Å². The molecule has 1 aliphatic heterocycles. The largest absolute Gasteiger partial charge is 0.347 e. The predicted molar refractivity (Wildman–Crippen MR) is 79.9 cm³/mol. The van der Waals surface area contributed by atoms with E-state index in [0.29, 0.717) is 13.1 Å². The number of carbonyl (C=O) groups excluding carboxylic acids is 2. The van der Waals surface area contributed by atoms with Gasteiger partial charge in [-0.25, -0.2) is 0 Å². The van der Waals surface area contributed by atoms with Gasteiger partial charge in [0.15, 0.2) is 0 Å². The third-order valence-electron chi connectivity index (χ3n) is 3.21. The van der Waals surface area contributed by atoms with Gasteiger partial charge in [-0.2, -0.15) is 0 Å². The quantitative estimate of drug-likeness (QED) is 0.688. The molecule has 0 radical (unpaired) electrons. The molecule has 1 aromatic carbocycles. The first-order valence-electron chi connectivity index (χ1n) is 6.68. The summed E-state index contributed by atoms with van der Waals surface area (Å²) in [5, 5.41) is 5.86. The van der Waals surface area contributed by atoms with E-state index in [9.17, 15) is 9.59 Å². The van der Waals surface area contributed by atoms with E-state index in [1.54, 1.807) is 4.90 Å². The fraction of sp³-hybridized carbons (Fsp3) is 0.429. The molecule has 0 spiro atoms. The van der Waals surface area contributed by atoms with E-state index >= 15 is 0 Å². The highest BCUT2D eigenvalue weighted by atomic mass is 32.1. The molecule has 0 aliphatic carbocycles. The zero-order chi connectivity index (χ0) is 14.4. The third-order valence-corrected chi connectivity index (χ3v) is 3.51. The van der Waals surface area contributed by atoms with E-state index in [0.717, 1.165) is 23.5 Å². The molecule has 2 amide bonds. The highest BCUT2D eigenvalue weighted by molar-refractivity contribution is 7.80. The van der Waals surface area contributed by atoms with Crippen LogP contribution in [-0.2, 0) is 16.0 Å². The third kappa shape index (κ3) is 4.54. The molecule has 0 saturated carbocycles. The van der Waals surface area contributed by atoms with Crippen LogP contribution in [-0.4, -0.2) is 49.4 Å². The summed E-state index contributed by atoms with van der Waals surface area (Å²) < 4.78 is 0. The monoisotopic (exact) mass is 293 g/mol. The Bertz CT molecular complexity index is 470. The molecule has 108 valence electrons. The molecule has 0 bridgehead atoms. The van der Waals surface area contributed by atoms with Crippen LogP contribution in [0.1, 0.15) is 5.56 Å². The summed E-state index contributed by atoms with van der Waals surface area (Å²) in [5.41, 5.74) is 0.912. The molecule has 6 heteroatoms. The van der Waals surface area contributed by atoms with Crippen molar-refractivity contribution >= 4 is 24.4 Å². The van der Waals surface area contributed by atoms with Gasteiger partial charge in [0.1, 0.15) is 0 Å². The maximum absolute atomic E-state index is 11.9. The summed E-state index contributed by atoms with van der Waals surface area (Å²) in [5.74, 6) is -0.161. The van der Waals surface area contributed by atoms with Gasteiger partial charge in [0.05, 0.1) is 13.0 Å². The summed E-state index contributed by atoms with van der Waals surface area (Å²) in [7, 11) is 0. The topological polar surface area (TPSA) is 61.4 Å². The lowest BCUT2D eigenvalue weighted by molar-refractivity contribution is -0.133. The summed E-state index contributed by atoms with van der Waals surface area (Å²) >= 11 is 4.19. The standard InChI is InChI=1S/C14H19N3O2S/c18-13(9-11-1-3-12(20)4-2-11)16-10-14(19)17-7-5-15-6-8-17/h1-4,15,20H,5-10H2,(H,16,18). The molecule has 0 unspecified atom stereocenters. The molecule has 2 rings (SSSR count). The first-order valence-corrected chi connectivity index (χ1v) is 7.13. The van der Waals surface area contributed by atoms with Crippen LogP contribution < -0.4 is 10.6 Å². The van der Waals surface area contributed by atoms with E-state index in [-0.39, 0.29) is 24.8 Å². The van der Waals surface area contributed by atoms with Crippen molar-refractivity contribution in [2.75, 3.05) is 32.7 Å². The Morgan fingerprint density at radius 2 is 1.85 bits per heavy atom. The molecule has 2 N–H and O–H groups in total. The minimum atomic E-state index is -0.139. The second kappa shape index (κ2) is 7.31. The van der Waals surface area contributed by atoms with Gasteiger partial charge in [0.2, 0.25) is 11.8 Å². The number of hydrogen-bond acceptors (Lipinski definition) is 4. The van der Waals surface area contributed by atoms with Crippen molar-refractivity contribution < 1.29 is 9.59 Å². The molecular formula is C14H19N3O2S. The van der Waals surface area contributed by atoms with Gasteiger partial charge >= 0.3 is 0 Å². The van der Waals surface area contributed by atoms with Crippen LogP contribution in [0.25, 0.3) is 0 Å². The maximum atomic E-state index is 11.9. The number of piperazine rings is 1. The number of amides is 2. The molecule has 1 aliphatic rings. The minimum absolute atomic E-state index is 0.0226. The lowest BCUT2D eigenvalue weighted by Gasteiger charge is -2.27. The molecule has 20 heavy (non-hydrogen) atoms. The van der Waals surface area contributed by atoms with Crippen LogP contribution in [0.15, 0.2) is 29.2 Å². The Kier molecular flexibility index (Phi) is 5.43. The summed E-state index contributed by atoms with van der Waals surface area (Å²) in [6, 6.07) is 7.41. The Balaban J connectivity index is 1.74. The first-order chi connectivity index (χ1) is 9.65. The number of nitrogens with zero attached hydrogens (tertiary/aromatic N) is 1. The van der Waals surface area contributed by atoms with Crippen LogP contribution in [0.4, 0.5) is 0 Å². The van der Waals surface area contributed by atoms with E-state index in [1.807, 2.05) is 24.3 Å². The van der Waals surface area contributed by atoms with Gasteiger partial charge in [0.25, 0.3) is 0 Å². The summed E-state index contributed by atoms with van der Waals surface area (Å²) in [4.78, 5) is 26.3. The Morgan fingerprint density at radius 3 is 2.50 bits per heavy atom. The molecule has 1 aromatic rings. The molecule has 1 heterocycles. The molecule has 0 aromatic heterocycles. The fourth-order valence-electron chi connectivity index (χ4n) is 2.06. The number of hydrogen-bond donors (Lipinski definition) is 3. The van der Waals surface area contributed by atoms with Crippen LogP contribution >= 0.6 is 12.6 Å². The average molecular weight is 293 g/mol. The SMILES string of the molecule is O=C(Cc1ccc(S)cc1)NCC(=O)N1CCNCC1. The van der Waals surface area contributed by atoms with E-state index in [1.165, 1.54) is 0 Å². The van der Waals surface area contributed by atoms with Crippen molar-refractivity contribution in [3.63, 3.8) is 0 Å². The smallest absolute Gasteiger partial charge is 0.242 e. The van der Waals surface area contributed by atoms with Gasteiger partial charge in [-0.05, 0) is 17.7 Å². The lowest BCUT2D eigenvalue weighted by Crippen LogP contribution is -2.49. The van der Waals surface area contributed by atoms with Crippen molar-refractivity contribution in [2.24, 2.45) is 0 Å². The van der Waals surface area contributed by atoms with Gasteiger partial charge in [-0.15, -0.1) is 12.6 Å². The van der Waals surface area contributed by atoms with Crippen LogP contribution in [0, 0.1) is 0 Å². The van der Waals surface area contributed by atoms with Gasteiger partial charge in [0, 0.05) is 31.1 Å². The van der Waals surface area contributed by atoms with Crippen molar-refractivity contribution in [1.82, 2.24) is 15.5 Å². The Morgan fingerprint density at radius 1 is 1.20 bits per heavy atom. The van der Waals surface area contributed by atoms with Crippen molar-refractivity contribution in [3.8, 4) is 0 Å². The zero-order valence-corrected chi connectivity index (χ0v) is 12.2. The zero-order valence-electron chi connectivity index (χ0n) is 11.3. The average Bonchev–Trinajstić information content (AvgIpc) is 2.48. The summed E-state index contributed by atoms with van der Waals surface area (Å²) in [6.45, 7) is 3.12. The molecule has 1 fully saturated rings. The highest BCUT2D eigenvalue weighted by Crippen LogP contribution is 2.08. The van der Waals surface area contributed by atoms with Crippen molar-refractivity contribution in [1.29, 1.82) is 0 Å². The highest BCUT2D eigenvalue weighted by Gasteiger charge is 2.16. The second-order valence-corrected chi connectivity index (χ2v) is 5.27. The van der Waals surface area contributed by atoms with Gasteiger partial charge < -0.3 is 15.5 Å². The Labute approximate surface area is 124 Å². The fourth-order valence-corrected chi connectivity index (χ4v) is 2.21. The molecule has 5 nitrogen and oxygen atoms in total. The first kappa shape index (κ1) is 14.9. The summed E-state index contributed by atoms with van der Waals surface area (Å²) in [6.07, 6.45) is 0.281. The maximum Gasteiger partial charge on any atom is 0.242 e. The molecule has 0 atom stereocenters. The van der Waals surface area contributed by atoms with Crippen molar-refractivity contribution in [2.45, 2.75) is 11.3 Å².